The van der Waals surface area contributed by atoms with Crippen molar-refractivity contribution in [2.75, 3.05) is 5.43 Å². The van der Waals surface area contributed by atoms with Crippen molar-refractivity contribution in [3.05, 3.63) is 70.2 Å². The van der Waals surface area contributed by atoms with Gasteiger partial charge in [0.05, 0.1) is 16.6 Å². The van der Waals surface area contributed by atoms with E-state index >= 15 is 0 Å². The molecule has 0 amide bonds. The molecule has 22 heavy (non-hydrogen) atoms. The number of benzene rings is 2. The minimum absolute atomic E-state index is 0.234. The normalized spacial score (nSPS) is 11.1. The molecule has 2 aromatic heterocycles. The summed E-state index contributed by atoms with van der Waals surface area (Å²) >= 11 is 6.02. The second-order valence-electron chi connectivity index (χ2n) is 4.78. The maximum atomic E-state index is 12.8. The summed E-state index contributed by atoms with van der Waals surface area (Å²) in [6.45, 7) is 0. The molecule has 0 atom stereocenters. The van der Waals surface area contributed by atoms with Crippen LogP contribution < -0.4 is 11.0 Å². The molecule has 0 saturated heterocycles. The molecule has 0 saturated carbocycles. The van der Waals surface area contributed by atoms with E-state index in [-0.39, 0.29) is 5.56 Å². The molecule has 7 heteroatoms. The number of nitrogens with zero attached hydrogens (tertiary/aromatic N) is 4. The first-order valence-electron chi connectivity index (χ1n) is 6.60. The SMILES string of the molecule is O=c1c2cc(Cl)ccc2n2cnnc2n1Nc1ccccc1. The van der Waals surface area contributed by atoms with E-state index in [1.807, 2.05) is 30.3 Å². The standard InChI is InChI=1S/C15H10ClN5O/c16-10-6-7-13-12(8-10)14(22)21(15-18-17-9-20(13)15)19-11-4-2-1-3-5-11/h1-9,19H. The highest BCUT2D eigenvalue weighted by molar-refractivity contribution is 6.31. The van der Waals surface area contributed by atoms with Crippen molar-refractivity contribution in [3.63, 3.8) is 0 Å². The van der Waals surface area contributed by atoms with Gasteiger partial charge in [-0.1, -0.05) is 29.8 Å². The molecule has 0 radical (unpaired) electrons. The summed E-state index contributed by atoms with van der Waals surface area (Å²) in [5, 5.41) is 8.92. The summed E-state index contributed by atoms with van der Waals surface area (Å²) in [5.74, 6) is 0.406. The third kappa shape index (κ3) is 1.93. The third-order valence-corrected chi connectivity index (χ3v) is 3.63. The molecule has 2 aromatic carbocycles. The topological polar surface area (TPSA) is 64.2 Å². The average molecular weight is 312 g/mol. The number of aromatic nitrogens is 4. The minimum atomic E-state index is -0.234. The molecule has 0 aliphatic rings. The van der Waals surface area contributed by atoms with Crippen molar-refractivity contribution in [1.29, 1.82) is 0 Å². The van der Waals surface area contributed by atoms with E-state index in [4.69, 9.17) is 11.6 Å². The number of halogens is 1. The molecule has 0 fully saturated rings. The summed E-state index contributed by atoms with van der Waals surface area (Å²) in [4.78, 5) is 12.8. The maximum Gasteiger partial charge on any atom is 0.281 e. The average Bonchev–Trinajstić information content (AvgIpc) is 3.02. The Balaban J connectivity index is 2.05. The van der Waals surface area contributed by atoms with Gasteiger partial charge in [0.25, 0.3) is 11.3 Å². The van der Waals surface area contributed by atoms with Crippen LogP contribution in [-0.2, 0) is 0 Å². The van der Waals surface area contributed by atoms with E-state index in [2.05, 4.69) is 15.6 Å². The molecular weight excluding hydrogens is 302 g/mol. The van der Waals surface area contributed by atoms with Crippen LogP contribution in [0.5, 0.6) is 0 Å². The fourth-order valence-corrected chi connectivity index (χ4v) is 2.57. The largest absolute Gasteiger partial charge is 0.288 e. The number of para-hydroxylation sites is 1. The lowest BCUT2D eigenvalue weighted by molar-refractivity contribution is 0.893. The maximum absolute atomic E-state index is 12.8. The van der Waals surface area contributed by atoms with Gasteiger partial charge in [-0.05, 0) is 30.3 Å². The summed E-state index contributed by atoms with van der Waals surface area (Å²) in [5.41, 5.74) is 4.30. The Morgan fingerprint density at radius 2 is 1.91 bits per heavy atom. The molecule has 0 bridgehead atoms. The first kappa shape index (κ1) is 12.8. The monoisotopic (exact) mass is 311 g/mol. The highest BCUT2D eigenvalue weighted by atomic mass is 35.5. The van der Waals surface area contributed by atoms with E-state index in [9.17, 15) is 4.79 Å². The first-order chi connectivity index (χ1) is 10.7. The number of rotatable bonds is 2. The Morgan fingerprint density at radius 3 is 2.73 bits per heavy atom. The molecule has 2 heterocycles. The number of anilines is 1. The van der Waals surface area contributed by atoms with Crippen LogP contribution in [-0.4, -0.2) is 19.3 Å². The van der Waals surface area contributed by atoms with Gasteiger partial charge in [-0.3, -0.25) is 14.6 Å². The van der Waals surface area contributed by atoms with Gasteiger partial charge in [-0.2, -0.15) is 4.68 Å². The lowest BCUT2D eigenvalue weighted by atomic mass is 10.2. The molecule has 1 N–H and O–H groups in total. The number of nitrogens with one attached hydrogen (secondary N) is 1. The molecule has 0 spiro atoms. The summed E-state index contributed by atoms with van der Waals surface area (Å²) < 4.78 is 3.10. The second kappa shape index (κ2) is 4.85. The number of fused-ring (bicyclic) bond motifs is 3. The second-order valence-corrected chi connectivity index (χ2v) is 5.22. The van der Waals surface area contributed by atoms with Gasteiger partial charge in [0.1, 0.15) is 6.33 Å². The Hall–Kier alpha value is -2.86. The van der Waals surface area contributed by atoms with E-state index in [1.165, 1.54) is 4.68 Å². The van der Waals surface area contributed by atoms with Crippen molar-refractivity contribution in [2.45, 2.75) is 0 Å². The van der Waals surface area contributed by atoms with E-state index in [1.54, 1.807) is 28.9 Å². The molecular formula is C15H10ClN5O. The van der Waals surface area contributed by atoms with Gasteiger partial charge < -0.3 is 0 Å². The van der Waals surface area contributed by atoms with Gasteiger partial charge in [-0.15, -0.1) is 10.2 Å². The third-order valence-electron chi connectivity index (χ3n) is 3.40. The minimum Gasteiger partial charge on any atom is -0.288 e. The van der Waals surface area contributed by atoms with Crippen LogP contribution in [0, 0.1) is 0 Å². The van der Waals surface area contributed by atoms with Crippen LogP contribution in [0.15, 0.2) is 59.7 Å². The van der Waals surface area contributed by atoms with Crippen molar-refractivity contribution < 1.29 is 0 Å². The zero-order valence-electron chi connectivity index (χ0n) is 11.3. The predicted octanol–water partition coefficient (Wildman–Crippen LogP) is 2.57. The molecule has 0 aliphatic heterocycles. The zero-order chi connectivity index (χ0) is 15.1. The van der Waals surface area contributed by atoms with Crippen molar-refractivity contribution in [3.8, 4) is 0 Å². The zero-order valence-corrected chi connectivity index (χ0v) is 12.0. The van der Waals surface area contributed by atoms with E-state index in [0.717, 1.165) is 5.69 Å². The molecule has 4 rings (SSSR count). The van der Waals surface area contributed by atoms with Crippen molar-refractivity contribution in [2.24, 2.45) is 0 Å². The fourth-order valence-electron chi connectivity index (χ4n) is 2.39. The van der Waals surface area contributed by atoms with Crippen molar-refractivity contribution >= 4 is 34.0 Å². The molecule has 4 aromatic rings. The fraction of sp³-hybridized carbons (Fsp3) is 0. The Kier molecular flexibility index (Phi) is 2.83. The molecule has 0 aliphatic carbocycles. The Labute approximate surface area is 129 Å². The molecule has 108 valence electrons. The lowest BCUT2D eigenvalue weighted by Gasteiger charge is -2.12. The van der Waals surface area contributed by atoms with Crippen LogP contribution in [0.3, 0.4) is 0 Å². The van der Waals surface area contributed by atoms with Gasteiger partial charge in [0.2, 0.25) is 0 Å². The number of hydrogen-bond donors (Lipinski definition) is 1. The van der Waals surface area contributed by atoms with Crippen LogP contribution in [0.4, 0.5) is 5.69 Å². The number of hydrogen-bond acceptors (Lipinski definition) is 4. The Morgan fingerprint density at radius 1 is 1.09 bits per heavy atom. The van der Waals surface area contributed by atoms with Gasteiger partial charge in [0.15, 0.2) is 0 Å². The lowest BCUT2D eigenvalue weighted by Crippen LogP contribution is -2.28. The van der Waals surface area contributed by atoms with Gasteiger partial charge >= 0.3 is 0 Å². The van der Waals surface area contributed by atoms with Crippen LogP contribution >= 0.6 is 11.6 Å². The van der Waals surface area contributed by atoms with E-state index in [0.29, 0.717) is 21.7 Å². The van der Waals surface area contributed by atoms with Crippen LogP contribution in [0.2, 0.25) is 5.02 Å². The van der Waals surface area contributed by atoms with Crippen molar-refractivity contribution in [1.82, 2.24) is 19.3 Å². The smallest absolute Gasteiger partial charge is 0.281 e. The van der Waals surface area contributed by atoms with Crippen LogP contribution in [0.25, 0.3) is 16.7 Å². The van der Waals surface area contributed by atoms with Gasteiger partial charge in [-0.25, -0.2) is 0 Å². The highest BCUT2D eigenvalue weighted by Gasteiger charge is 2.12. The molecule has 0 unspecified atom stereocenters. The van der Waals surface area contributed by atoms with E-state index < -0.39 is 0 Å². The highest BCUT2D eigenvalue weighted by Crippen LogP contribution is 2.17. The summed E-state index contributed by atoms with van der Waals surface area (Å²) in [6, 6.07) is 14.5. The summed E-state index contributed by atoms with van der Waals surface area (Å²) in [7, 11) is 0. The van der Waals surface area contributed by atoms with Crippen LogP contribution in [0.1, 0.15) is 0 Å². The van der Waals surface area contributed by atoms with Gasteiger partial charge in [0, 0.05) is 5.02 Å². The first-order valence-corrected chi connectivity index (χ1v) is 6.98. The summed E-state index contributed by atoms with van der Waals surface area (Å²) in [6.07, 6.45) is 1.56. The Bertz CT molecular complexity index is 1040. The quantitative estimate of drug-likeness (QED) is 0.618. The molecule has 6 nitrogen and oxygen atoms in total. The predicted molar refractivity (Wildman–Crippen MR) is 85.2 cm³/mol.